The molecule has 1 rings (SSSR count). The number of rotatable bonds is 8. The van der Waals surface area contributed by atoms with Crippen molar-refractivity contribution in [3.8, 4) is 0 Å². The standard InChI is InChI=1S/C11H16.C9H21N/c1-4-10(3)11-7-5-9(2)6-8-11;1-4-7-9(8-5-2)10-6-3/h5-8,10H,4H2,1-3H3;9-10H,4-8H2,1-3H3/t10-;/m1./s1. The molecule has 122 valence electrons. The average Bonchev–Trinajstić information content (AvgIpc) is 2.49. The van der Waals surface area contributed by atoms with Gasteiger partial charge in [0.15, 0.2) is 0 Å². The van der Waals surface area contributed by atoms with Gasteiger partial charge in [0.05, 0.1) is 0 Å². The van der Waals surface area contributed by atoms with E-state index in [9.17, 15) is 0 Å². The summed E-state index contributed by atoms with van der Waals surface area (Å²) in [7, 11) is 0. The van der Waals surface area contributed by atoms with Gasteiger partial charge in [0.1, 0.15) is 0 Å². The van der Waals surface area contributed by atoms with E-state index in [1.165, 1.54) is 43.2 Å². The number of hydrogen-bond acceptors (Lipinski definition) is 1. The number of benzene rings is 1. The first-order valence-electron chi connectivity index (χ1n) is 8.88. The van der Waals surface area contributed by atoms with Gasteiger partial charge in [-0.05, 0) is 44.2 Å². The Morgan fingerprint density at radius 3 is 1.81 bits per heavy atom. The lowest BCUT2D eigenvalue weighted by atomic mass is 9.98. The highest BCUT2D eigenvalue weighted by atomic mass is 14.9. The van der Waals surface area contributed by atoms with Crippen molar-refractivity contribution < 1.29 is 0 Å². The average molecular weight is 292 g/mol. The Morgan fingerprint density at radius 2 is 1.43 bits per heavy atom. The quantitative estimate of drug-likeness (QED) is 0.612. The minimum absolute atomic E-state index is 0.704. The Bertz CT molecular complexity index is 314. The van der Waals surface area contributed by atoms with Crippen molar-refractivity contribution in [1.82, 2.24) is 5.32 Å². The highest BCUT2D eigenvalue weighted by molar-refractivity contribution is 5.23. The zero-order valence-corrected chi connectivity index (χ0v) is 15.2. The van der Waals surface area contributed by atoms with Gasteiger partial charge < -0.3 is 5.32 Å². The molecule has 0 fully saturated rings. The van der Waals surface area contributed by atoms with Crippen molar-refractivity contribution in [2.24, 2.45) is 0 Å². The molecule has 1 heteroatoms. The number of nitrogens with one attached hydrogen (secondary N) is 1. The molecule has 1 atom stereocenters. The summed E-state index contributed by atoms with van der Waals surface area (Å²) in [5.41, 5.74) is 2.80. The fourth-order valence-corrected chi connectivity index (χ4v) is 2.46. The molecule has 0 aliphatic carbocycles. The largest absolute Gasteiger partial charge is 0.314 e. The van der Waals surface area contributed by atoms with Crippen molar-refractivity contribution in [2.45, 2.75) is 85.6 Å². The highest BCUT2D eigenvalue weighted by Gasteiger charge is 2.02. The van der Waals surface area contributed by atoms with Gasteiger partial charge in [-0.25, -0.2) is 0 Å². The van der Waals surface area contributed by atoms with Crippen molar-refractivity contribution in [3.63, 3.8) is 0 Å². The van der Waals surface area contributed by atoms with Crippen LogP contribution in [0.4, 0.5) is 0 Å². The van der Waals surface area contributed by atoms with Crippen molar-refractivity contribution in [2.75, 3.05) is 6.54 Å². The molecule has 0 aromatic heterocycles. The molecule has 0 spiro atoms. The third-order valence-electron chi connectivity index (χ3n) is 4.03. The number of hydrogen-bond donors (Lipinski definition) is 1. The minimum Gasteiger partial charge on any atom is -0.314 e. The van der Waals surface area contributed by atoms with Crippen molar-refractivity contribution >= 4 is 0 Å². The lowest BCUT2D eigenvalue weighted by molar-refractivity contribution is 0.455. The fourth-order valence-electron chi connectivity index (χ4n) is 2.46. The van der Waals surface area contributed by atoms with Crippen molar-refractivity contribution in [1.29, 1.82) is 0 Å². The van der Waals surface area contributed by atoms with E-state index < -0.39 is 0 Å². The van der Waals surface area contributed by atoms with E-state index in [2.05, 4.69) is 71.1 Å². The zero-order chi connectivity index (χ0) is 16.1. The Labute approximate surface area is 133 Å². The van der Waals surface area contributed by atoms with Gasteiger partial charge in [-0.15, -0.1) is 0 Å². The summed E-state index contributed by atoms with van der Waals surface area (Å²) in [6, 6.07) is 9.59. The Kier molecular flexibility index (Phi) is 12.4. The molecule has 0 aliphatic rings. The van der Waals surface area contributed by atoms with E-state index in [0.29, 0.717) is 5.92 Å². The molecular formula is C20H37N. The van der Waals surface area contributed by atoms with Gasteiger partial charge in [-0.1, -0.05) is 77.3 Å². The number of aryl methyl sites for hydroxylation is 1. The second-order valence-corrected chi connectivity index (χ2v) is 6.05. The predicted molar refractivity (Wildman–Crippen MR) is 97.2 cm³/mol. The Hall–Kier alpha value is -0.820. The van der Waals surface area contributed by atoms with E-state index in [-0.39, 0.29) is 0 Å². The van der Waals surface area contributed by atoms with Crippen LogP contribution in [0.3, 0.4) is 0 Å². The van der Waals surface area contributed by atoms with Crippen LogP contribution in [-0.4, -0.2) is 12.6 Å². The summed E-state index contributed by atoms with van der Waals surface area (Å²) < 4.78 is 0. The summed E-state index contributed by atoms with van der Waals surface area (Å²) in [4.78, 5) is 0. The van der Waals surface area contributed by atoms with E-state index >= 15 is 0 Å². The van der Waals surface area contributed by atoms with Gasteiger partial charge in [0, 0.05) is 6.04 Å². The molecule has 1 aromatic rings. The maximum absolute atomic E-state index is 3.48. The first-order chi connectivity index (χ1) is 10.1. The third kappa shape index (κ3) is 9.68. The van der Waals surface area contributed by atoms with Crippen LogP contribution in [0.5, 0.6) is 0 Å². The minimum atomic E-state index is 0.704. The van der Waals surface area contributed by atoms with Gasteiger partial charge in [-0.2, -0.15) is 0 Å². The van der Waals surface area contributed by atoms with Gasteiger partial charge in [-0.3, -0.25) is 0 Å². The van der Waals surface area contributed by atoms with E-state index in [1.54, 1.807) is 0 Å². The maximum atomic E-state index is 3.48. The molecule has 1 nitrogen and oxygen atoms in total. The van der Waals surface area contributed by atoms with Gasteiger partial charge in [0.2, 0.25) is 0 Å². The monoisotopic (exact) mass is 291 g/mol. The molecule has 0 radical (unpaired) electrons. The summed E-state index contributed by atoms with van der Waals surface area (Å²) in [6.07, 6.45) is 6.50. The predicted octanol–water partition coefficient (Wildman–Crippen LogP) is 6.07. The lowest BCUT2D eigenvalue weighted by Crippen LogP contribution is -2.28. The Balaban J connectivity index is 0.000000384. The highest BCUT2D eigenvalue weighted by Crippen LogP contribution is 2.18. The molecule has 1 aromatic carbocycles. The van der Waals surface area contributed by atoms with E-state index in [4.69, 9.17) is 0 Å². The van der Waals surface area contributed by atoms with Crippen LogP contribution in [0.1, 0.15) is 83.8 Å². The third-order valence-corrected chi connectivity index (χ3v) is 4.03. The molecule has 0 heterocycles. The first-order valence-corrected chi connectivity index (χ1v) is 8.88. The summed E-state index contributed by atoms with van der Waals surface area (Å²) in [5, 5.41) is 3.48. The molecule has 1 N–H and O–H groups in total. The second-order valence-electron chi connectivity index (χ2n) is 6.05. The molecule has 0 amide bonds. The molecular weight excluding hydrogens is 254 g/mol. The fraction of sp³-hybridized carbons (Fsp3) is 0.700. The van der Waals surface area contributed by atoms with Crippen LogP contribution in [0, 0.1) is 6.92 Å². The van der Waals surface area contributed by atoms with Crippen LogP contribution in [0.25, 0.3) is 0 Å². The van der Waals surface area contributed by atoms with Crippen LogP contribution in [0.15, 0.2) is 24.3 Å². The Morgan fingerprint density at radius 1 is 0.905 bits per heavy atom. The molecule has 0 unspecified atom stereocenters. The van der Waals surface area contributed by atoms with E-state index in [0.717, 1.165) is 12.6 Å². The topological polar surface area (TPSA) is 12.0 Å². The second kappa shape index (κ2) is 12.9. The van der Waals surface area contributed by atoms with Crippen LogP contribution in [-0.2, 0) is 0 Å². The molecule has 0 saturated carbocycles. The van der Waals surface area contributed by atoms with E-state index in [1.807, 2.05) is 0 Å². The summed E-state index contributed by atoms with van der Waals surface area (Å²) >= 11 is 0. The normalized spacial score (nSPS) is 12.0. The summed E-state index contributed by atoms with van der Waals surface area (Å²) in [5.74, 6) is 0.704. The van der Waals surface area contributed by atoms with Crippen LogP contribution >= 0.6 is 0 Å². The summed E-state index contributed by atoms with van der Waals surface area (Å²) in [6.45, 7) is 14.4. The molecule has 21 heavy (non-hydrogen) atoms. The maximum Gasteiger partial charge on any atom is 0.00667 e. The van der Waals surface area contributed by atoms with Gasteiger partial charge in [0.25, 0.3) is 0 Å². The first kappa shape index (κ1) is 20.2. The molecule has 0 aliphatic heterocycles. The van der Waals surface area contributed by atoms with Crippen LogP contribution < -0.4 is 5.32 Å². The zero-order valence-electron chi connectivity index (χ0n) is 15.2. The molecule has 0 bridgehead atoms. The SMILES string of the molecule is CCCC(CCC)NCC.CC[C@@H](C)c1ccc(C)cc1. The smallest absolute Gasteiger partial charge is 0.00667 e. The van der Waals surface area contributed by atoms with Crippen molar-refractivity contribution in [3.05, 3.63) is 35.4 Å². The van der Waals surface area contributed by atoms with Gasteiger partial charge >= 0.3 is 0 Å². The molecule has 0 saturated heterocycles. The van der Waals surface area contributed by atoms with Crippen LogP contribution in [0.2, 0.25) is 0 Å². The lowest BCUT2D eigenvalue weighted by Gasteiger charge is -2.15.